The molecule has 1 aromatic heterocycles. The van der Waals surface area contributed by atoms with Crippen LogP contribution in [0.1, 0.15) is 0 Å². The first-order valence-electron chi connectivity index (χ1n) is 7.33. The first kappa shape index (κ1) is 16.0. The third kappa shape index (κ3) is 3.70. The van der Waals surface area contributed by atoms with E-state index in [9.17, 15) is 4.79 Å². The molecule has 122 valence electrons. The summed E-state index contributed by atoms with van der Waals surface area (Å²) in [6.45, 7) is 0. The van der Waals surface area contributed by atoms with Crippen molar-refractivity contribution in [3.8, 4) is 5.75 Å². The molecule has 0 saturated heterocycles. The van der Waals surface area contributed by atoms with Crippen LogP contribution in [0.25, 0.3) is 0 Å². The Morgan fingerprint density at radius 3 is 2.50 bits per heavy atom. The quantitative estimate of drug-likeness (QED) is 0.751. The highest BCUT2D eigenvalue weighted by Crippen LogP contribution is 2.29. The van der Waals surface area contributed by atoms with Crippen LogP contribution >= 0.6 is 11.6 Å². The lowest BCUT2D eigenvalue weighted by atomic mass is 10.2. The molecule has 0 aliphatic rings. The number of hydrogen-bond acceptors (Lipinski definition) is 3. The first-order valence-corrected chi connectivity index (χ1v) is 7.71. The van der Waals surface area contributed by atoms with E-state index in [0.29, 0.717) is 16.5 Å². The van der Waals surface area contributed by atoms with Crippen molar-refractivity contribution in [2.24, 2.45) is 0 Å². The second-order valence-electron chi connectivity index (χ2n) is 5.10. The zero-order valence-corrected chi connectivity index (χ0v) is 13.8. The van der Waals surface area contributed by atoms with Crippen molar-refractivity contribution in [2.75, 3.05) is 17.4 Å². The SMILES string of the molecule is CN(C(=O)Oc1ccccc1)c1cc(Cl)ccc1Nn1cccc1. The van der Waals surface area contributed by atoms with Gasteiger partial charge in [-0.15, -0.1) is 0 Å². The number of rotatable bonds is 4. The third-order valence-electron chi connectivity index (χ3n) is 3.40. The molecule has 3 rings (SSSR count). The van der Waals surface area contributed by atoms with E-state index in [1.165, 1.54) is 4.90 Å². The van der Waals surface area contributed by atoms with Gasteiger partial charge in [0.25, 0.3) is 0 Å². The number of hydrogen-bond donors (Lipinski definition) is 1. The number of ether oxygens (including phenoxy) is 1. The molecular weight excluding hydrogens is 326 g/mol. The molecule has 0 unspecified atom stereocenters. The van der Waals surface area contributed by atoms with Gasteiger partial charge in [0, 0.05) is 24.5 Å². The number of aromatic nitrogens is 1. The van der Waals surface area contributed by atoms with E-state index in [0.717, 1.165) is 5.69 Å². The molecule has 0 aliphatic heterocycles. The van der Waals surface area contributed by atoms with Gasteiger partial charge in [-0.05, 0) is 42.5 Å². The van der Waals surface area contributed by atoms with Crippen LogP contribution in [0.4, 0.5) is 16.2 Å². The number of carbonyl (C=O) groups is 1. The molecule has 1 amide bonds. The second kappa shape index (κ2) is 7.10. The number of halogens is 1. The summed E-state index contributed by atoms with van der Waals surface area (Å²) in [7, 11) is 1.64. The number of nitrogens with zero attached hydrogens (tertiary/aromatic N) is 2. The predicted molar refractivity (Wildman–Crippen MR) is 95.8 cm³/mol. The molecule has 5 nitrogen and oxygen atoms in total. The van der Waals surface area contributed by atoms with Crippen molar-refractivity contribution >= 4 is 29.1 Å². The van der Waals surface area contributed by atoms with Crippen molar-refractivity contribution in [2.45, 2.75) is 0 Å². The Bertz CT molecular complexity index is 820. The molecule has 0 aliphatic carbocycles. The Kier molecular flexibility index (Phi) is 4.72. The zero-order chi connectivity index (χ0) is 16.9. The third-order valence-corrected chi connectivity index (χ3v) is 3.63. The minimum Gasteiger partial charge on any atom is -0.410 e. The molecule has 24 heavy (non-hydrogen) atoms. The molecule has 1 heterocycles. The highest BCUT2D eigenvalue weighted by molar-refractivity contribution is 6.31. The van der Waals surface area contributed by atoms with Crippen molar-refractivity contribution in [1.29, 1.82) is 0 Å². The number of carbonyl (C=O) groups excluding carboxylic acids is 1. The van der Waals surface area contributed by atoms with E-state index in [2.05, 4.69) is 5.43 Å². The Morgan fingerprint density at radius 2 is 1.79 bits per heavy atom. The van der Waals surface area contributed by atoms with E-state index < -0.39 is 6.09 Å². The number of para-hydroxylation sites is 1. The Labute approximate surface area is 145 Å². The Balaban J connectivity index is 1.84. The summed E-state index contributed by atoms with van der Waals surface area (Å²) in [6, 6.07) is 18.0. The van der Waals surface area contributed by atoms with E-state index >= 15 is 0 Å². The summed E-state index contributed by atoms with van der Waals surface area (Å²) in [4.78, 5) is 13.8. The summed E-state index contributed by atoms with van der Waals surface area (Å²) < 4.78 is 7.15. The topological polar surface area (TPSA) is 46.5 Å². The van der Waals surface area contributed by atoms with Crippen molar-refractivity contribution in [3.63, 3.8) is 0 Å². The second-order valence-corrected chi connectivity index (χ2v) is 5.54. The van der Waals surface area contributed by atoms with Gasteiger partial charge in [0.2, 0.25) is 0 Å². The lowest BCUT2D eigenvalue weighted by Crippen LogP contribution is -2.30. The van der Waals surface area contributed by atoms with Crippen LogP contribution in [-0.2, 0) is 0 Å². The van der Waals surface area contributed by atoms with Crippen molar-refractivity contribution in [3.05, 3.63) is 78.1 Å². The van der Waals surface area contributed by atoms with Crippen LogP contribution in [0, 0.1) is 0 Å². The van der Waals surface area contributed by atoms with Gasteiger partial charge in [0.1, 0.15) is 5.75 Å². The minimum atomic E-state index is -0.501. The maximum absolute atomic E-state index is 12.4. The monoisotopic (exact) mass is 341 g/mol. The largest absolute Gasteiger partial charge is 0.419 e. The normalized spacial score (nSPS) is 10.2. The highest BCUT2D eigenvalue weighted by atomic mass is 35.5. The van der Waals surface area contributed by atoms with Crippen LogP contribution in [0.3, 0.4) is 0 Å². The number of nitrogens with one attached hydrogen (secondary N) is 1. The summed E-state index contributed by atoms with van der Waals surface area (Å²) in [5.41, 5.74) is 4.52. The molecule has 0 bridgehead atoms. The first-order chi connectivity index (χ1) is 11.6. The average Bonchev–Trinajstić information content (AvgIpc) is 3.10. The lowest BCUT2D eigenvalue weighted by molar-refractivity contribution is 0.209. The van der Waals surface area contributed by atoms with E-state index in [4.69, 9.17) is 16.3 Å². The van der Waals surface area contributed by atoms with Crippen LogP contribution in [0.5, 0.6) is 5.75 Å². The molecule has 0 atom stereocenters. The molecule has 6 heteroatoms. The molecule has 0 radical (unpaired) electrons. The smallest absolute Gasteiger partial charge is 0.410 e. The lowest BCUT2D eigenvalue weighted by Gasteiger charge is -2.21. The molecule has 0 fully saturated rings. The van der Waals surface area contributed by atoms with Gasteiger partial charge in [0.05, 0.1) is 11.4 Å². The highest BCUT2D eigenvalue weighted by Gasteiger charge is 2.17. The van der Waals surface area contributed by atoms with Crippen LogP contribution in [-0.4, -0.2) is 17.8 Å². The maximum atomic E-state index is 12.4. The van der Waals surface area contributed by atoms with E-state index in [1.54, 1.807) is 48.1 Å². The van der Waals surface area contributed by atoms with Gasteiger partial charge in [-0.1, -0.05) is 29.8 Å². The van der Waals surface area contributed by atoms with Gasteiger partial charge in [-0.2, -0.15) is 0 Å². The van der Waals surface area contributed by atoms with Crippen LogP contribution in [0.15, 0.2) is 73.1 Å². The van der Waals surface area contributed by atoms with E-state index in [1.807, 2.05) is 36.7 Å². The average molecular weight is 342 g/mol. The summed E-state index contributed by atoms with van der Waals surface area (Å²) in [6.07, 6.45) is 3.22. The molecule has 0 spiro atoms. The minimum absolute atomic E-state index is 0.483. The Morgan fingerprint density at radius 1 is 1.08 bits per heavy atom. The van der Waals surface area contributed by atoms with Gasteiger partial charge in [-0.25, -0.2) is 4.79 Å². The van der Waals surface area contributed by atoms with Crippen molar-refractivity contribution < 1.29 is 9.53 Å². The van der Waals surface area contributed by atoms with Gasteiger partial charge >= 0.3 is 6.09 Å². The fraction of sp³-hybridized carbons (Fsp3) is 0.0556. The van der Waals surface area contributed by atoms with E-state index in [-0.39, 0.29) is 0 Å². The Hall–Kier alpha value is -2.92. The van der Waals surface area contributed by atoms with Gasteiger partial charge in [-0.3, -0.25) is 15.0 Å². The molecule has 2 aromatic carbocycles. The maximum Gasteiger partial charge on any atom is 0.419 e. The fourth-order valence-electron chi connectivity index (χ4n) is 2.18. The molecule has 3 aromatic rings. The summed E-state index contributed by atoms with van der Waals surface area (Å²) >= 11 is 6.09. The van der Waals surface area contributed by atoms with Crippen molar-refractivity contribution in [1.82, 2.24) is 4.68 Å². The molecule has 0 saturated carbocycles. The standard InChI is InChI=1S/C18H16ClN3O2/c1-21(18(23)24-15-7-3-2-4-8-15)17-13-14(19)9-10-16(17)20-22-11-5-6-12-22/h2-13,20H,1H3. The predicted octanol–water partition coefficient (Wildman–Crippen LogP) is 4.65. The zero-order valence-electron chi connectivity index (χ0n) is 13.0. The van der Waals surface area contributed by atoms with Crippen LogP contribution < -0.4 is 15.1 Å². The fourth-order valence-corrected chi connectivity index (χ4v) is 2.35. The summed E-state index contributed by atoms with van der Waals surface area (Å²) in [5.74, 6) is 0.483. The van der Waals surface area contributed by atoms with Gasteiger partial charge < -0.3 is 4.74 Å². The number of amides is 1. The molecule has 1 N–H and O–H groups in total. The summed E-state index contributed by atoms with van der Waals surface area (Å²) in [5, 5.41) is 0.530. The number of benzene rings is 2. The van der Waals surface area contributed by atoms with Gasteiger partial charge in [0.15, 0.2) is 0 Å². The number of anilines is 2. The molecular formula is C18H16ClN3O2. The van der Waals surface area contributed by atoms with Crippen LogP contribution in [0.2, 0.25) is 5.02 Å².